The lowest BCUT2D eigenvalue weighted by molar-refractivity contribution is 0.381. The van der Waals surface area contributed by atoms with Crippen LogP contribution in [0.15, 0.2) is 53.4 Å². The van der Waals surface area contributed by atoms with Crippen molar-refractivity contribution in [3.05, 3.63) is 59.1 Å². The average molecular weight is 326 g/mol. The van der Waals surface area contributed by atoms with Crippen LogP contribution >= 0.6 is 11.6 Å². The molecule has 0 aliphatic carbocycles. The van der Waals surface area contributed by atoms with Crippen LogP contribution in [0.4, 0.5) is 0 Å². The Labute approximate surface area is 129 Å². The van der Waals surface area contributed by atoms with Crippen molar-refractivity contribution in [1.29, 1.82) is 0 Å². The molecule has 0 saturated carbocycles. The summed E-state index contributed by atoms with van der Waals surface area (Å²) in [7, 11) is -2.28. The highest BCUT2D eigenvalue weighted by Crippen LogP contribution is 2.32. The molecular formula is C15H16ClNO3S. The molecule has 0 bridgehead atoms. The molecule has 6 heteroatoms. The molecule has 1 N–H and O–H groups in total. The number of nitrogens with zero attached hydrogens (tertiary/aromatic N) is 1. The topological polar surface area (TPSA) is 57.6 Å². The van der Waals surface area contributed by atoms with Crippen LogP contribution in [0.25, 0.3) is 0 Å². The van der Waals surface area contributed by atoms with E-state index in [1.807, 2.05) is 0 Å². The van der Waals surface area contributed by atoms with Crippen LogP contribution in [0, 0.1) is 0 Å². The number of sulfonamides is 1. The Hall–Kier alpha value is -1.56. The lowest BCUT2D eigenvalue weighted by Gasteiger charge is -2.25. The second-order valence-corrected chi connectivity index (χ2v) is 7.06. The highest BCUT2D eigenvalue weighted by atomic mass is 35.5. The SMILES string of the molecule is CC(c1ccccc1O)N(C)S(=O)(=O)c1ccccc1Cl. The maximum atomic E-state index is 12.6. The summed E-state index contributed by atoms with van der Waals surface area (Å²) in [6.07, 6.45) is 0. The van der Waals surface area contributed by atoms with Crippen molar-refractivity contribution in [2.24, 2.45) is 0 Å². The fourth-order valence-electron chi connectivity index (χ4n) is 2.05. The van der Waals surface area contributed by atoms with E-state index in [1.165, 1.54) is 29.6 Å². The molecule has 1 atom stereocenters. The van der Waals surface area contributed by atoms with Crippen LogP contribution in [0.5, 0.6) is 5.75 Å². The van der Waals surface area contributed by atoms with Gasteiger partial charge in [-0.1, -0.05) is 41.9 Å². The molecule has 2 rings (SSSR count). The van der Waals surface area contributed by atoms with Gasteiger partial charge in [-0.3, -0.25) is 0 Å². The minimum Gasteiger partial charge on any atom is -0.508 e. The summed E-state index contributed by atoms with van der Waals surface area (Å²) in [6.45, 7) is 1.71. The van der Waals surface area contributed by atoms with Crippen LogP contribution in [0.1, 0.15) is 18.5 Å². The van der Waals surface area contributed by atoms with Crippen molar-refractivity contribution in [2.75, 3.05) is 7.05 Å². The first-order valence-electron chi connectivity index (χ1n) is 6.36. The van der Waals surface area contributed by atoms with Crippen LogP contribution < -0.4 is 0 Å². The van der Waals surface area contributed by atoms with E-state index in [-0.39, 0.29) is 15.7 Å². The highest BCUT2D eigenvalue weighted by molar-refractivity contribution is 7.89. The molecule has 0 aromatic heterocycles. The van der Waals surface area contributed by atoms with Gasteiger partial charge in [0, 0.05) is 12.6 Å². The van der Waals surface area contributed by atoms with E-state index < -0.39 is 16.1 Å². The molecule has 0 radical (unpaired) electrons. The second-order valence-electron chi connectivity index (χ2n) is 4.69. The van der Waals surface area contributed by atoms with Gasteiger partial charge in [-0.25, -0.2) is 8.42 Å². The molecule has 0 spiro atoms. The van der Waals surface area contributed by atoms with Gasteiger partial charge in [0.05, 0.1) is 11.1 Å². The molecule has 0 heterocycles. The van der Waals surface area contributed by atoms with E-state index in [1.54, 1.807) is 37.3 Å². The Balaban J connectivity index is 2.42. The Bertz CT molecular complexity index is 746. The third-order valence-electron chi connectivity index (χ3n) is 3.43. The fraction of sp³-hybridized carbons (Fsp3) is 0.200. The number of phenols is 1. The standard InChI is InChI=1S/C15H16ClNO3S/c1-11(12-7-3-5-9-14(12)18)17(2)21(19,20)15-10-6-4-8-13(15)16/h3-11,18H,1-2H3. The first-order chi connectivity index (χ1) is 9.85. The summed E-state index contributed by atoms with van der Waals surface area (Å²) < 4.78 is 26.5. The number of hydrogen-bond donors (Lipinski definition) is 1. The van der Waals surface area contributed by atoms with E-state index in [0.717, 1.165) is 0 Å². The first kappa shape index (κ1) is 15.8. The van der Waals surface area contributed by atoms with Crippen molar-refractivity contribution in [2.45, 2.75) is 17.9 Å². The van der Waals surface area contributed by atoms with Gasteiger partial charge in [-0.15, -0.1) is 0 Å². The van der Waals surface area contributed by atoms with Gasteiger partial charge in [0.1, 0.15) is 10.6 Å². The molecule has 2 aromatic rings. The maximum absolute atomic E-state index is 12.6. The van der Waals surface area contributed by atoms with Gasteiger partial charge in [-0.05, 0) is 25.1 Å². The number of benzene rings is 2. The smallest absolute Gasteiger partial charge is 0.244 e. The monoisotopic (exact) mass is 325 g/mol. The number of aromatic hydroxyl groups is 1. The van der Waals surface area contributed by atoms with Crippen molar-refractivity contribution in [1.82, 2.24) is 4.31 Å². The molecular weight excluding hydrogens is 310 g/mol. The zero-order valence-electron chi connectivity index (χ0n) is 11.7. The quantitative estimate of drug-likeness (QED) is 0.937. The predicted molar refractivity (Wildman–Crippen MR) is 82.9 cm³/mol. The predicted octanol–water partition coefficient (Wildman–Crippen LogP) is 3.43. The first-order valence-corrected chi connectivity index (χ1v) is 8.18. The Morgan fingerprint density at radius 1 is 1.10 bits per heavy atom. The summed E-state index contributed by atoms with van der Waals surface area (Å²) in [6, 6.07) is 12.4. The number of hydrogen-bond acceptors (Lipinski definition) is 3. The van der Waals surface area contributed by atoms with Gasteiger partial charge in [0.2, 0.25) is 10.0 Å². The van der Waals surface area contributed by atoms with Gasteiger partial charge in [0.15, 0.2) is 0 Å². The summed E-state index contributed by atoms with van der Waals surface area (Å²) in [5, 5.41) is 10.0. The molecule has 0 aliphatic rings. The Morgan fingerprint density at radius 3 is 2.29 bits per heavy atom. The molecule has 21 heavy (non-hydrogen) atoms. The lowest BCUT2D eigenvalue weighted by atomic mass is 10.1. The molecule has 112 valence electrons. The Kier molecular flexibility index (Phi) is 4.56. The van der Waals surface area contributed by atoms with E-state index >= 15 is 0 Å². The number of rotatable bonds is 4. The summed E-state index contributed by atoms with van der Waals surface area (Å²) in [5.74, 6) is 0.0613. The number of para-hydroxylation sites is 1. The van der Waals surface area contributed by atoms with Gasteiger partial charge in [-0.2, -0.15) is 4.31 Å². The van der Waals surface area contributed by atoms with E-state index in [0.29, 0.717) is 5.56 Å². The zero-order valence-corrected chi connectivity index (χ0v) is 13.3. The largest absolute Gasteiger partial charge is 0.508 e. The average Bonchev–Trinajstić information content (AvgIpc) is 2.46. The van der Waals surface area contributed by atoms with Gasteiger partial charge in [0.25, 0.3) is 0 Å². The minimum atomic E-state index is -3.74. The van der Waals surface area contributed by atoms with Crippen LogP contribution in [-0.4, -0.2) is 24.9 Å². The normalized spacial score (nSPS) is 13.3. The molecule has 4 nitrogen and oxygen atoms in total. The van der Waals surface area contributed by atoms with E-state index in [2.05, 4.69) is 0 Å². The zero-order chi connectivity index (χ0) is 15.6. The van der Waals surface area contributed by atoms with Crippen molar-refractivity contribution >= 4 is 21.6 Å². The third-order valence-corrected chi connectivity index (χ3v) is 5.85. The molecule has 2 aromatic carbocycles. The van der Waals surface area contributed by atoms with Crippen molar-refractivity contribution < 1.29 is 13.5 Å². The van der Waals surface area contributed by atoms with Crippen molar-refractivity contribution in [3.63, 3.8) is 0 Å². The lowest BCUT2D eigenvalue weighted by Crippen LogP contribution is -2.30. The van der Waals surface area contributed by atoms with Gasteiger partial charge >= 0.3 is 0 Å². The van der Waals surface area contributed by atoms with E-state index in [9.17, 15) is 13.5 Å². The third kappa shape index (κ3) is 3.05. The van der Waals surface area contributed by atoms with Gasteiger partial charge < -0.3 is 5.11 Å². The summed E-state index contributed by atoms with van der Waals surface area (Å²) >= 11 is 5.98. The molecule has 1 unspecified atom stereocenters. The minimum absolute atomic E-state index is 0.0523. The molecule has 0 saturated heterocycles. The molecule has 0 aliphatic heterocycles. The highest BCUT2D eigenvalue weighted by Gasteiger charge is 2.29. The Morgan fingerprint density at radius 2 is 1.67 bits per heavy atom. The molecule has 0 fully saturated rings. The van der Waals surface area contributed by atoms with Crippen LogP contribution in [0.3, 0.4) is 0 Å². The maximum Gasteiger partial charge on any atom is 0.244 e. The number of phenolic OH excluding ortho intramolecular Hbond substituents is 1. The fourth-order valence-corrected chi connectivity index (χ4v) is 3.89. The number of halogens is 1. The molecule has 0 amide bonds. The van der Waals surface area contributed by atoms with Crippen molar-refractivity contribution in [3.8, 4) is 5.75 Å². The van der Waals surface area contributed by atoms with Crippen LogP contribution in [-0.2, 0) is 10.0 Å². The summed E-state index contributed by atoms with van der Waals surface area (Å²) in [4.78, 5) is 0.0523. The summed E-state index contributed by atoms with van der Waals surface area (Å²) in [5.41, 5.74) is 0.538. The van der Waals surface area contributed by atoms with Crippen LogP contribution in [0.2, 0.25) is 5.02 Å². The van der Waals surface area contributed by atoms with E-state index in [4.69, 9.17) is 11.6 Å². The second kappa shape index (κ2) is 6.05.